The van der Waals surface area contributed by atoms with Crippen LogP contribution in [0, 0.1) is 0 Å². The third kappa shape index (κ3) is 4.12. The second kappa shape index (κ2) is 7.29. The van der Waals surface area contributed by atoms with Crippen LogP contribution in [-0.4, -0.2) is 28.3 Å². The fourth-order valence-corrected chi connectivity index (χ4v) is 2.48. The third-order valence-electron chi connectivity index (χ3n) is 3.87. The predicted octanol–water partition coefficient (Wildman–Crippen LogP) is 1.94. The Kier molecular flexibility index (Phi) is 4.92. The van der Waals surface area contributed by atoms with Gasteiger partial charge in [-0.3, -0.25) is 9.59 Å². The largest absolute Gasteiger partial charge is 0.462 e. The van der Waals surface area contributed by atoms with Crippen molar-refractivity contribution in [3.05, 3.63) is 58.0 Å². The van der Waals surface area contributed by atoms with Crippen molar-refractivity contribution in [3.8, 4) is 0 Å². The minimum absolute atomic E-state index is 0.212. The molecule has 0 aliphatic heterocycles. The van der Waals surface area contributed by atoms with Crippen molar-refractivity contribution in [1.82, 2.24) is 9.78 Å². The number of rotatable bonds is 6. The summed E-state index contributed by atoms with van der Waals surface area (Å²) in [6.07, 6.45) is 2.12. The van der Waals surface area contributed by atoms with Gasteiger partial charge >= 0.3 is 5.97 Å². The number of nitrogens with zero attached hydrogens (tertiary/aromatic N) is 2. The summed E-state index contributed by atoms with van der Waals surface area (Å²) in [4.78, 5) is 36.2. The number of carbonyl (C=O) groups is 2. The lowest BCUT2D eigenvalue weighted by Gasteiger charge is -2.11. The number of hydrogen-bond acceptors (Lipinski definition) is 5. The molecule has 1 aromatic carbocycles. The zero-order valence-corrected chi connectivity index (χ0v) is 13.9. The maximum Gasteiger partial charge on any atom is 0.340 e. The molecule has 2 aromatic rings. The summed E-state index contributed by atoms with van der Waals surface area (Å²) < 4.78 is 6.13. The van der Waals surface area contributed by atoms with Crippen molar-refractivity contribution in [3.63, 3.8) is 0 Å². The third-order valence-corrected chi connectivity index (χ3v) is 3.87. The van der Waals surface area contributed by atoms with Gasteiger partial charge in [0.2, 0.25) is 5.91 Å². The van der Waals surface area contributed by atoms with E-state index in [2.05, 4.69) is 10.4 Å². The first-order valence-corrected chi connectivity index (χ1v) is 8.22. The number of benzene rings is 1. The average Bonchev–Trinajstić information content (AvgIpc) is 3.42. The first-order valence-electron chi connectivity index (χ1n) is 8.22. The van der Waals surface area contributed by atoms with E-state index in [0.29, 0.717) is 11.6 Å². The lowest BCUT2D eigenvalue weighted by Crippen LogP contribution is -2.30. The van der Waals surface area contributed by atoms with Crippen LogP contribution in [0.3, 0.4) is 0 Å². The van der Waals surface area contributed by atoms with Crippen LogP contribution in [0.15, 0.2) is 41.2 Å². The molecule has 1 fully saturated rings. The fourth-order valence-electron chi connectivity index (χ4n) is 2.48. The van der Waals surface area contributed by atoms with Gasteiger partial charge in [0.05, 0.1) is 23.6 Å². The van der Waals surface area contributed by atoms with E-state index in [-0.39, 0.29) is 24.3 Å². The van der Waals surface area contributed by atoms with E-state index in [1.165, 1.54) is 6.07 Å². The smallest absolute Gasteiger partial charge is 0.340 e. The number of esters is 1. The highest BCUT2D eigenvalue weighted by Gasteiger charge is 2.25. The zero-order chi connectivity index (χ0) is 17.8. The fraction of sp³-hybridized carbons (Fsp3) is 0.333. The molecule has 1 aromatic heterocycles. The van der Waals surface area contributed by atoms with E-state index in [9.17, 15) is 14.4 Å². The molecule has 1 N–H and O–H groups in total. The molecule has 130 valence electrons. The monoisotopic (exact) mass is 341 g/mol. The van der Waals surface area contributed by atoms with Gasteiger partial charge < -0.3 is 10.1 Å². The molecule has 0 atom stereocenters. The maximum absolute atomic E-state index is 12.3. The van der Waals surface area contributed by atoms with Crippen molar-refractivity contribution in [2.75, 3.05) is 11.9 Å². The van der Waals surface area contributed by atoms with Gasteiger partial charge in [0.1, 0.15) is 6.54 Å². The summed E-state index contributed by atoms with van der Waals surface area (Å²) in [6, 6.07) is 9.72. The van der Waals surface area contributed by atoms with E-state index >= 15 is 0 Å². The molecule has 7 nitrogen and oxygen atoms in total. The predicted molar refractivity (Wildman–Crippen MR) is 91.5 cm³/mol. The summed E-state index contributed by atoms with van der Waals surface area (Å²) >= 11 is 0. The van der Waals surface area contributed by atoms with E-state index < -0.39 is 11.9 Å². The van der Waals surface area contributed by atoms with Crippen LogP contribution in [0.5, 0.6) is 0 Å². The van der Waals surface area contributed by atoms with Crippen molar-refractivity contribution >= 4 is 17.6 Å². The van der Waals surface area contributed by atoms with Gasteiger partial charge in [0.15, 0.2) is 0 Å². The molecule has 0 bridgehead atoms. The number of anilines is 1. The molecule has 1 aliphatic rings. The normalized spacial score (nSPS) is 13.3. The van der Waals surface area contributed by atoms with E-state index in [1.807, 2.05) is 0 Å². The second-order valence-corrected chi connectivity index (χ2v) is 5.84. The quantitative estimate of drug-likeness (QED) is 0.811. The molecule has 0 unspecified atom stereocenters. The van der Waals surface area contributed by atoms with Crippen LogP contribution in [-0.2, 0) is 16.1 Å². The van der Waals surface area contributed by atoms with Gasteiger partial charge in [-0.05, 0) is 38.0 Å². The highest BCUT2D eigenvalue weighted by Crippen LogP contribution is 2.38. The van der Waals surface area contributed by atoms with Crippen LogP contribution in [0.25, 0.3) is 0 Å². The van der Waals surface area contributed by atoms with Crippen molar-refractivity contribution in [2.24, 2.45) is 0 Å². The number of amides is 1. The van der Waals surface area contributed by atoms with Gasteiger partial charge in [-0.25, -0.2) is 9.48 Å². The molecular weight excluding hydrogens is 322 g/mol. The standard InChI is InChI=1S/C18H19N3O4/c1-2-25-18(24)13-5-3-4-6-15(13)19-16(22)11-21-17(23)10-9-14(20-21)12-7-8-12/h3-6,9-10,12H,2,7-8,11H2,1H3,(H,19,22). The Hall–Kier alpha value is -2.96. The number of nitrogens with one attached hydrogen (secondary N) is 1. The van der Waals surface area contributed by atoms with Gasteiger partial charge in [-0.1, -0.05) is 12.1 Å². The maximum atomic E-state index is 12.3. The van der Waals surface area contributed by atoms with Gasteiger partial charge in [0.25, 0.3) is 5.56 Å². The van der Waals surface area contributed by atoms with E-state index in [0.717, 1.165) is 23.2 Å². The Morgan fingerprint density at radius 2 is 2.00 bits per heavy atom. The Labute approximate surface area is 144 Å². The molecule has 1 amide bonds. The summed E-state index contributed by atoms with van der Waals surface area (Å²) in [7, 11) is 0. The molecule has 0 spiro atoms. The van der Waals surface area contributed by atoms with Crippen LogP contribution < -0.4 is 10.9 Å². The Bertz CT molecular complexity index is 855. The SMILES string of the molecule is CCOC(=O)c1ccccc1NC(=O)Cn1nc(C2CC2)ccc1=O. The molecule has 0 saturated heterocycles. The lowest BCUT2D eigenvalue weighted by molar-refractivity contribution is -0.117. The van der Waals surface area contributed by atoms with Crippen molar-refractivity contribution < 1.29 is 14.3 Å². The minimum atomic E-state index is -0.510. The molecule has 0 radical (unpaired) electrons. The number of ether oxygens (including phenoxy) is 1. The molecule has 3 rings (SSSR count). The molecule has 1 aliphatic carbocycles. The summed E-state index contributed by atoms with van der Waals surface area (Å²) in [5.41, 5.74) is 1.11. The van der Waals surface area contributed by atoms with Crippen LogP contribution >= 0.6 is 0 Å². The molecule has 25 heavy (non-hydrogen) atoms. The van der Waals surface area contributed by atoms with Gasteiger partial charge in [0, 0.05) is 12.0 Å². The number of para-hydroxylation sites is 1. The second-order valence-electron chi connectivity index (χ2n) is 5.84. The van der Waals surface area contributed by atoms with Gasteiger partial charge in [-0.15, -0.1) is 0 Å². The molecule has 1 saturated carbocycles. The highest BCUT2D eigenvalue weighted by molar-refractivity contribution is 6.01. The number of hydrogen-bond donors (Lipinski definition) is 1. The van der Waals surface area contributed by atoms with Crippen LogP contribution in [0.1, 0.15) is 41.7 Å². The Morgan fingerprint density at radius 3 is 2.72 bits per heavy atom. The molecular formula is C18H19N3O4. The number of carbonyl (C=O) groups excluding carboxylic acids is 2. The summed E-state index contributed by atoms with van der Waals surface area (Å²) in [5.74, 6) is -0.553. The Morgan fingerprint density at radius 1 is 1.24 bits per heavy atom. The summed E-state index contributed by atoms with van der Waals surface area (Å²) in [6.45, 7) is 1.75. The Balaban J connectivity index is 1.74. The first kappa shape index (κ1) is 16.9. The van der Waals surface area contributed by atoms with Crippen molar-refractivity contribution in [1.29, 1.82) is 0 Å². The molecule has 1 heterocycles. The zero-order valence-electron chi connectivity index (χ0n) is 13.9. The average molecular weight is 341 g/mol. The van der Waals surface area contributed by atoms with E-state index in [1.54, 1.807) is 37.3 Å². The van der Waals surface area contributed by atoms with Crippen molar-refractivity contribution in [2.45, 2.75) is 32.2 Å². The topological polar surface area (TPSA) is 90.3 Å². The molecule has 7 heteroatoms. The number of aromatic nitrogens is 2. The van der Waals surface area contributed by atoms with E-state index in [4.69, 9.17) is 4.74 Å². The van der Waals surface area contributed by atoms with Crippen LogP contribution in [0.4, 0.5) is 5.69 Å². The first-order chi connectivity index (χ1) is 12.1. The lowest BCUT2D eigenvalue weighted by atomic mass is 10.2. The van der Waals surface area contributed by atoms with Gasteiger partial charge in [-0.2, -0.15) is 5.10 Å². The minimum Gasteiger partial charge on any atom is -0.462 e. The van der Waals surface area contributed by atoms with Crippen LogP contribution in [0.2, 0.25) is 0 Å². The highest BCUT2D eigenvalue weighted by atomic mass is 16.5. The summed E-state index contributed by atoms with van der Waals surface area (Å²) in [5, 5.41) is 6.90.